The second-order valence-corrected chi connectivity index (χ2v) is 4.90. The van der Waals surface area contributed by atoms with E-state index >= 15 is 0 Å². The average Bonchev–Trinajstić information content (AvgIpc) is 2.01. The highest BCUT2D eigenvalue weighted by molar-refractivity contribution is 14.1. The third kappa shape index (κ3) is 2.95. The van der Waals surface area contributed by atoms with E-state index in [9.17, 15) is 4.79 Å². The van der Waals surface area contributed by atoms with Gasteiger partial charge in [0.05, 0.1) is 5.38 Å². The van der Waals surface area contributed by atoms with Crippen LogP contribution in [0.4, 0.5) is 0 Å². The Morgan fingerprint density at radius 1 is 1.46 bits per heavy atom. The highest BCUT2D eigenvalue weighted by Gasteiger charge is 2.12. The van der Waals surface area contributed by atoms with E-state index in [1.54, 1.807) is 6.92 Å². The first-order chi connectivity index (χ1) is 6.00. The maximum Gasteiger partial charge on any atom is 0.180 e. The Hall–Kier alpha value is -0.0900. The lowest BCUT2D eigenvalue weighted by molar-refractivity contribution is 0.0991. The van der Waals surface area contributed by atoms with Gasteiger partial charge < -0.3 is 0 Å². The van der Waals surface area contributed by atoms with Gasteiger partial charge >= 0.3 is 0 Å². The molecule has 0 heterocycles. The molecule has 1 aromatic rings. The summed E-state index contributed by atoms with van der Waals surface area (Å²) in [7, 11) is 0. The van der Waals surface area contributed by atoms with Crippen LogP contribution in [0.1, 0.15) is 22.8 Å². The van der Waals surface area contributed by atoms with Crippen molar-refractivity contribution < 1.29 is 4.79 Å². The normalized spacial score (nSPS) is 12.6. The largest absolute Gasteiger partial charge is 0.293 e. The summed E-state index contributed by atoms with van der Waals surface area (Å²) in [5.74, 6) is -0.0108. The van der Waals surface area contributed by atoms with Crippen molar-refractivity contribution in [2.24, 2.45) is 0 Å². The standard InChI is InChI=1S/C10H10ClIO/c1-6-3-8(5-9(12)4-6)10(13)7(2)11/h3-5,7H,1-2H3. The van der Waals surface area contributed by atoms with E-state index in [1.165, 1.54) is 0 Å². The Bertz CT molecular complexity index is 313. The molecule has 1 nitrogen and oxygen atoms in total. The van der Waals surface area contributed by atoms with Crippen LogP contribution in [-0.4, -0.2) is 11.2 Å². The highest BCUT2D eigenvalue weighted by atomic mass is 127. The van der Waals surface area contributed by atoms with Gasteiger partial charge in [-0.05, 0) is 60.2 Å². The molecule has 13 heavy (non-hydrogen) atoms. The summed E-state index contributed by atoms with van der Waals surface area (Å²) in [4.78, 5) is 11.5. The van der Waals surface area contributed by atoms with Crippen molar-refractivity contribution in [2.75, 3.05) is 0 Å². The van der Waals surface area contributed by atoms with Crippen molar-refractivity contribution in [1.82, 2.24) is 0 Å². The van der Waals surface area contributed by atoms with Crippen molar-refractivity contribution in [3.63, 3.8) is 0 Å². The zero-order valence-corrected chi connectivity index (χ0v) is 10.4. The molecule has 1 aromatic carbocycles. The molecule has 1 rings (SSSR count). The Balaban J connectivity index is 3.08. The summed E-state index contributed by atoms with van der Waals surface area (Å²) < 4.78 is 1.07. The smallest absolute Gasteiger partial charge is 0.180 e. The summed E-state index contributed by atoms with van der Waals surface area (Å²) in [5.41, 5.74) is 1.79. The van der Waals surface area contributed by atoms with Crippen LogP contribution in [-0.2, 0) is 0 Å². The number of ketones is 1. The lowest BCUT2D eigenvalue weighted by Gasteiger charge is -2.04. The van der Waals surface area contributed by atoms with Gasteiger partial charge in [0, 0.05) is 9.13 Å². The van der Waals surface area contributed by atoms with Crippen LogP contribution in [0.15, 0.2) is 18.2 Å². The maximum absolute atomic E-state index is 11.5. The molecule has 0 spiro atoms. The Morgan fingerprint density at radius 2 is 2.08 bits per heavy atom. The molecule has 0 amide bonds. The molecule has 1 unspecified atom stereocenters. The number of Topliss-reactive ketones (excluding diaryl/α,β-unsaturated/α-hetero) is 1. The van der Waals surface area contributed by atoms with Gasteiger partial charge in [0.25, 0.3) is 0 Å². The van der Waals surface area contributed by atoms with Gasteiger partial charge in [-0.1, -0.05) is 0 Å². The van der Waals surface area contributed by atoms with Gasteiger partial charge in [0.1, 0.15) is 0 Å². The molecule has 0 aliphatic carbocycles. The number of rotatable bonds is 2. The quantitative estimate of drug-likeness (QED) is 0.465. The van der Waals surface area contributed by atoms with E-state index in [-0.39, 0.29) is 5.78 Å². The van der Waals surface area contributed by atoms with E-state index < -0.39 is 5.38 Å². The second kappa shape index (κ2) is 4.42. The van der Waals surface area contributed by atoms with Crippen LogP contribution in [0.2, 0.25) is 0 Å². The lowest BCUT2D eigenvalue weighted by Crippen LogP contribution is -2.10. The van der Waals surface area contributed by atoms with Crippen molar-refractivity contribution in [3.05, 3.63) is 32.9 Å². The number of halogens is 2. The molecule has 70 valence electrons. The zero-order chi connectivity index (χ0) is 10.0. The molecule has 1 atom stereocenters. The van der Waals surface area contributed by atoms with Crippen LogP contribution in [0.25, 0.3) is 0 Å². The Morgan fingerprint density at radius 3 is 2.54 bits per heavy atom. The predicted octanol–water partition coefficient (Wildman–Crippen LogP) is 3.41. The molecule has 0 aliphatic rings. The molecule has 0 N–H and O–H groups in total. The maximum atomic E-state index is 11.5. The van der Waals surface area contributed by atoms with Crippen molar-refractivity contribution in [3.8, 4) is 0 Å². The second-order valence-electron chi connectivity index (χ2n) is 3.00. The first-order valence-corrected chi connectivity index (χ1v) is 5.47. The van der Waals surface area contributed by atoms with E-state index in [0.29, 0.717) is 5.56 Å². The Labute approximate surface area is 96.6 Å². The molecular formula is C10H10ClIO. The van der Waals surface area contributed by atoms with Gasteiger partial charge in [0.15, 0.2) is 5.78 Å². The first kappa shape index (κ1) is 11.0. The summed E-state index contributed by atoms with van der Waals surface area (Å²) in [6.45, 7) is 3.66. The molecule has 0 bridgehead atoms. The third-order valence-electron chi connectivity index (χ3n) is 1.69. The molecule has 0 radical (unpaired) electrons. The van der Waals surface area contributed by atoms with Gasteiger partial charge in [0.2, 0.25) is 0 Å². The van der Waals surface area contributed by atoms with Crippen molar-refractivity contribution in [1.29, 1.82) is 0 Å². The van der Waals surface area contributed by atoms with E-state index in [1.807, 2.05) is 25.1 Å². The van der Waals surface area contributed by atoms with Gasteiger partial charge in [-0.25, -0.2) is 0 Å². The van der Waals surface area contributed by atoms with Crippen LogP contribution < -0.4 is 0 Å². The molecule has 0 aliphatic heterocycles. The SMILES string of the molecule is Cc1cc(I)cc(C(=O)C(C)Cl)c1. The van der Waals surface area contributed by atoms with Crippen LogP contribution in [0, 0.1) is 10.5 Å². The molecule has 0 aromatic heterocycles. The number of carbonyl (C=O) groups is 1. The summed E-state index contributed by atoms with van der Waals surface area (Å²) in [6.07, 6.45) is 0. The molecule has 3 heteroatoms. The van der Waals surface area contributed by atoms with Gasteiger partial charge in [-0.3, -0.25) is 4.79 Å². The number of carbonyl (C=O) groups excluding carboxylic acids is 1. The first-order valence-electron chi connectivity index (χ1n) is 3.96. The van der Waals surface area contributed by atoms with Crippen molar-refractivity contribution >= 4 is 40.0 Å². The average molecular weight is 309 g/mol. The van der Waals surface area contributed by atoms with Crippen LogP contribution in [0.5, 0.6) is 0 Å². The predicted molar refractivity (Wildman–Crippen MR) is 63.5 cm³/mol. The number of hydrogen-bond donors (Lipinski definition) is 0. The monoisotopic (exact) mass is 308 g/mol. The van der Waals surface area contributed by atoms with Gasteiger partial charge in [-0.2, -0.15) is 0 Å². The van der Waals surface area contributed by atoms with E-state index in [0.717, 1.165) is 9.13 Å². The lowest BCUT2D eigenvalue weighted by atomic mass is 10.1. The number of hydrogen-bond acceptors (Lipinski definition) is 1. The Kier molecular flexibility index (Phi) is 3.74. The number of alkyl halides is 1. The highest BCUT2D eigenvalue weighted by Crippen LogP contribution is 2.15. The summed E-state index contributed by atoms with van der Waals surface area (Å²) in [6, 6.07) is 5.74. The van der Waals surface area contributed by atoms with Crippen LogP contribution in [0.3, 0.4) is 0 Å². The van der Waals surface area contributed by atoms with Gasteiger partial charge in [-0.15, -0.1) is 11.6 Å². The molecule has 0 saturated carbocycles. The fraction of sp³-hybridized carbons (Fsp3) is 0.300. The number of benzene rings is 1. The zero-order valence-electron chi connectivity index (χ0n) is 7.47. The van der Waals surface area contributed by atoms with Crippen LogP contribution >= 0.6 is 34.2 Å². The minimum atomic E-state index is -0.447. The van der Waals surface area contributed by atoms with Crippen molar-refractivity contribution in [2.45, 2.75) is 19.2 Å². The molecular weight excluding hydrogens is 298 g/mol. The fourth-order valence-corrected chi connectivity index (χ4v) is 2.06. The summed E-state index contributed by atoms with van der Waals surface area (Å²) in [5, 5.41) is -0.447. The van der Waals surface area contributed by atoms with E-state index in [2.05, 4.69) is 22.6 Å². The topological polar surface area (TPSA) is 17.1 Å². The van der Waals surface area contributed by atoms with E-state index in [4.69, 9.17) is 11.6 Å². The number of aryl methyl sites for hydroxylation is 1. The third-order valence-corrected chi connectivity index (χ3v) is 2.51. The fourth-order valence-electron chi connectivity index (χ4n) is 1.11. The minimum Gasteiger partial charge on any atom is -0.293 e. The molecule has 0 saturated heterocycles. The minimum absolute atomic E-state index is 0.0108. The molecule has 0 fully saturated rings. The summed E-state index contributed by atoms with van der Waals surface area (Å²) >= 11 is 7.91.